The van der Waals surface area contributed by atoms with Crippen LogP contribution >= 0.6 is 0 Å². The molecule has 22 heavy (non-hydrogen) atoms. The number of nitriles is 1. The van der Waals surface area contributed by atoms with E-state index in [-0.39, 0.29) is 5.82 Å². The van der Waals surface area contributed by atoms with E-state index in [0.717, 1.165) is 22.4 Å². The molecule has 2 aromatic heterocycles. The highest BCUT2D eigenvalue weighted by atomic mass is 14.8. The predicted molar refractivity (Wildman–Crippen MR) is 86.8 cm³/mol. The van der Waals surface area contributed by atoms with E-state index in [2.05, 4.69) is 16.0 Å². The number of rotatable bonds is 2. The van der Waals surface area contributed by atoms with Crippen LogP contribution in [-0.2, 0) is 0 Å². The number of nitrogens with zero attached hydrogens (tertiary/aromatic N) is 3. The minimum atomic E-state index is 0.243. The summed E-state index contributed by atoms with van der Waals surface area (Å²) < 4.78 is 0. The van der Waals surface area contributed by atoms with Gasteiger partial charge in [-0.15, -0.1) is 0 Å². The Morgan fingerprint density at radius 3 is 2.32 bits per heavy atom. The maximum atomic E-state index is 9.40. The Morgan fingerprint density at radius 2 is 1.68 bits per heavy atom. The smallest absolute Gasteiger partial charge is 0.142 e. The lowest BCUT2D eigenvalue weighted by Crippen LogP contribution is -1.99. The monoisotopic (exact) mass is 286 g/mol. The Bertz CT molecular complexity index is 847. The first kappa shape index (κ1) is 13.8. The van der Waals surface area contributed by atoms with Crippen molar-refractivity contribution in [3.05, 3.63) is 66.0 Å². The van der Waals surface area contributed by atoms with Gasteiger partial charge in [-0.2, -0.15) is 5.26 Å². The molecule has 106 valence electrons. The summed E-state index contributed by atoms with van der Waals surface area (Å²) in [6.07, 6.45) is 3.41. The van der Waals surface area contributed by atoms with Crippen LogP contribution < -0.4 is 5.73 Å². The van der Waals surface area contributed by atoms with Crippen LogP contribution in [0, 0.1) is 18.3 Å². The lowest BCUT2D eigenvalue weighted by atomic mass is 9.98. The third-order valence-corrected chi connectivity index (χ3v) is 3.50. The molecule has 3 aromatic rings. The second-order valence-corrected chi connectivity index (χ2v) is 5.03. The fraction of sp³-hybridized carbons (Fsp3) is 0.0556. The Hall–Kier alpha value is -3.19. The van der Waals surface area contributed by atoms with E-state index in [1.165, 1.54) is 5.56 Å². The minimum absolute atomic E-state index is 0.243. The predicted octanol–water partition coefficient (Wildman–Crippen LogP) is 3.57. The number of nitrogen functional groups attached to an aromatic ring is 1. The first-order chi connectivity index (χ1) is 10.7. The number of aryl methyl sites for hydroxylation is 1. The van der Waals surface area contributed by atoms with Crippen LogP contribution in [0.4, 0.5) is 5.82 Å². The zero-order valence-corrected chi connectivity index (χ0v) is 12.1. The van der Waals surface area contributed by atoms with Gasteiger partial charge in [0.2, 0.25) is 0 Å². The van der Waals surface area contributed by atoms with E-state index in [0.29, 0.717) is 5.56 Å². The maximum Gasteiger partial charge on any atom is 0.142 e. The molecule has 3 rings (SSSR count). The molecule has 4 nitrogen and oxygen atoms in total. The van der Waals surface area contributed by atoms with Crippen LogP contribution in [0.2, 0.25) is 0 Å². The van der Waals surface area contributed by atoms with Gasteiger partial charge in [0.05, 0.1) is 5.69 Å². The molecule has 0 saturated heterocycles. The van der Waals surface area contributed by atoms with E-state index in [4.69, 9.17) is 5.73 Å². The van der Waals surface area contributed by atoms with Gasteiger partial charge >= 0.3 is 0 Å². The van der Waals surface area contributed by atoms with Gasteiger partial charge in [0, 0.05) is 23.5 Å². The minimum Gasteiger partial charge on any atom is -0.383 e. The third kappa shape index (κ3) is 2.52. The second-order valence-electron chi connectivity index (χ2n) is 5.03. The number of aromatic nitrogens is 2. The summed E-state index contributed by atoms with van der Waals surface area (Å²) in [5.41, 5.74) is 10.9. The van der Waals surface area contributed by atoms with E-state index in [1.54, 1.807) is 12.4 Å². The topological polar surface area (TPSA) is 75.6 Å². The van der Waals surface area contributed by atoms with E-state index >= 15 is 0 Å². The largest absolute Gasteiger partial charge is 0.383 e. The Morgan fingerprint density at radius 1 is 1.00 bits per heavy atom. The van der Waals surface area contributed by atoms with Gasteiger partial charge in [0.1, 0.15) is 17.5 Å². The molecule has 1 aromatic carbocycles. The number of nitrogens with two attached hydrogens (primary N) is 1. The lowest BCUT2D eigenvalue weighted by molar-refractivity contribution is 1.28. The van der Waals surface area contributed by atoms with Crippen LogP contribution in [0.1, 0.15) is 11.1 Å². The summed E-state index contributed by atoms with van der Waals surface area (Å²) in [4.78, 5) is 8.35. The summed E-state index contributed by atoms with van der Waals surface area (Å²) >= 11 is 0. The lowest BCUT2D eigenvalue weighted by Gasteiger charge is -2.10. The zero-order valence-electron chi connectivity index (χ0n) is 12.1. The highest BCUT2D eigenvalue weighted by molar-refractivity contribution is 5.80. The zero-order chi connectivity index (χ0) is 15.5. The summed E-state index contributed by atoms with van der Waals surface area (Å²) in [5.74, 6) is 0.243. The normalized spacial score (nSPS) is 10.2. The molecule has 0 fully saturated rings. The molecule has 0 bridgehead atoms. The van der Waals surface area contributed by atoms with Crippen molar-refractivity contribution < 1.29 is 0 Å². The van der Waals surface area contributed by atoms with E-state index < -0.39 is 0 Å². The van der Waals surface area contributed by atoms with Crippen LogP contribution in [0.5, 0.6) is 0 Å². The van der Waals surface area contributed by atoms with Crippen LogP contribution in [0.3, 0.4) is 0 Å². The number of pyridine rings is 2. The summed E-state index contributed by atoms with van der Waals surface area (Å²) in [6, 6.07) is 15.8. The molecule has 2 heterocycles. The molecule has 0 amide bonds. The van der Waals surface area contributed by atoms with Crippen molar-refractivity contribution in [1.82, 2.24) is 9.97 Å². The van der Waals surface area contributed by atoms with Gasteiger partial charge in [-0.05, 0) is 30.7 Å². The molecule has 0 atom stereocenters. The number of anilines is 1. The molecule has 0 aliphatic carbocycles. The summed E-state index contributed by atoms with van der Waals surface area (Å²) in [5, 5.41) is 9.40. The Balaban J connectivity index is 2.22. The standard InChI is InChI=1S/C18H14N4/c1-12-2-4-13(5-3-12)15-10-17(14-6-8-21-9-7-14)22-18(20)16(15)11-19/h2-10H,1H3,(H2,20,22). The molecule has 0 spiro atoms. The van der Waals surface area contributed by atoms with Crippen molar-refractivity contribution in [2.75, 3.05) is 5.73 Å². The van der Waals surface area contributed by atoms with Crippen LogP contribution in [-0.4, -0.2) is 9.97 Å². The highest BCUT2D eigenvalue weighted by Gasteiger charge is 2.13. The van der Waals surface area contributed by atoms with Gasteiger partial charge < -0.3 is 5.73 Å². The first-order valence-corrected chi connectivity index (χ1v) is 6.87. The van der Waals surface area contributed by atoms with Crippen molar-refractivity contribution in [1.29, 1.82) is 5.26 Å². The molecule has 0 radical (unpaired) electrons. The molecule has 4 heteroatoms. The first-order valence-electron chi connectivity index (χ1n) is 6.87. The number of hydrogen-bond acceptors (Lipinski definition) is 4. The van der Waals surface area contributed by atoms with Gasteiger partial charge in [-0.3, -0.25) is 4.98 Å². The second kappa shape index (κ2) is 5.66. The van der Waals surface area contributed by atoms with Gasteiger partial charge in [-0.25, -0.2) is 4.98 Å². The molecular weight excluding hydrogens is 272 g/mol. The fourth-order valence-corrected chi connectivity index (χ4v) is 2.31. The maximum absolute atomic E-state index is 9.40. The van der Waals surface area contributed by atoms with Crippen molar-refractivity contribution in [3.63, 3.8) is 0 Å². The molecule has 0 unspecified atom stereocenters. The average molecular weight is 286 g/mol. The molecule has 0 aliphatic heterocycles. The van der Waals surface area contributed by atoms with Crippen LogP contribution in [0.25, 0.3) is 22.4 Å². The van der Waals surface area contributed by atoms with E-state index in [1.807, 2.05) is 49.4 Å². The quantitative estimate of drug-likeness (QED) is 0.781. The van der Waals surface area contributed by atoms with Crippen molar-refractivity contribution >= 4 is 5.82 Å². The molecule has 0 aliphatic rings. The highest BCUT2D eigenvalue weighted by Crippen LogP contribution is 2.31. The SMILES string of the molecule is Cc1ccc(-c2cc(-c3ccncc3)nc(N)c2C#N)cc1. The van der Waals surface area contributed by atoms with Crippen LogP contribution in [0.15, 0.2) is 54.9 Å². The van der Waals surface area contributed by atoms with Crippen molar-refractivity contribution in [2.24, 2.45) is 0 Å². The van der Waals surface area contributed by atoms with Gasteiger partial charge in [0.15, 0.2) is 0 Å². The van der Waals surface area contributed by atoms with Gasteiger partial charge in [-0.1, -0.05) is 29.8 Å². The average Bonchev–Trinajstić information content (AvgIpc) is 2.55. The Labute approximate surface area is 128 Å². The Kier molecular flexibility index (Phi) is 3.55. The molecule has 0 saturated carbocycles. The number of hydrogen-bond donors (Lipinski definition) is 1. The number of benzene rings is 1. The third-order valence-electron chi connectivity index (χ3n) is 3.50. The summed E-state index contributed by atoms with van der Waals surface area (Å²) in [7, 11) is 0. The van der Waals surface area contributed by atoms with Crippen molar-refractivity contribution in [3.8, 4) is 28.5 Å². The summed E-state index contributed by atoms with van der Waals surface area (Å²) in [6.45, 7) is 2.03. The van der Waals surface area contributed by atoms with Crippen molar-refractivity contribution in [2.45, 2.75) is 6.92 Å². The van der Waals surface area contributed by atoms with E-state index in [9.17, 15) is 5.26 Å². The van der Waals surface area contributed by atoms with Gasteiger partial charge in [0.25, 0.3) is 0 Å². The molecule has 2 N–H and O–H groups in total. The molecular formula is C18H14N4. The fourth-order valence-electron chi connectivity index (χ4n) is 2.31.